The predicted octanol–water partition coefficient (Wildman–Crippen LogP) is 2.76. The lowest BCUT2D eigenvalue weighted by Crippen LogP contribution is -2.23. The van der Waals surface area contributed by atoms with Crippen molar-refractivity contribution in [2.45, 2.75) is 30.3 Å². The van der Waals surface area contributed by atoms with E-state index in [4.69, 9.17) is 5.73 Å². The number of nitrogens with two attached hydrogens (primary N) is 1. The van der Waals surface area contributed by atoms with E-state index in [1.807, 2.05) is 6.92 Å². The average molecular weight is 392 g/mol. The summed E-state index contributed by atoms with van der Waals surface area (Å²) in [5.41, 5.74) is 6.59. The molecule has 3 aromatic rings. The number of fused-ring (bicyclic) bond motifs is 1. The van der Waals surface area contributed by atoms with Crippen molar-refractivity contribution in [3.63, 3.8) is 0 Å². The Balaban J connectivity index is 1.93. The first-order valence-corrected chi connectivity index (χ1v) is 9.23. The molecule has 0 aliphatic carbocycles. The van der Waals surface area contributed by atoms with Gasteiger partial charge in [0.1, 0.15) is 5.82 Å². The maximum absolute atomic E-state index is 13.8. The molecule has 0 aliphatic rings. The van der Waals surface area contributed by atoms with Crippen LogP contribution in [0.1, 0.15) is 18.9 Å². The molecule has 10 heteroatoms. The molecule has 2 heterocycles. The summed E-state index contributed by atoms with van der Waals surface area (Å²) in [5, 5.41) is 12.9. The van der Waals surface area contributed by atoms with Gasteiger partial charge in [-0.2, -0.15) is 0 Å². The van der Waals surface area contributed by atoms with Gasteiger partial charge in [-0.3, -0.25) is 0 Å². The molecule has 1 aromatic carbocycles. The minimum Gasteiger partial charge on any atom is -0.394 e. The molecule has 7 nitrogen and oxygen atoms in total. The molecule has 0 fully saturated rings. The van der Waals surface area contributed by atoms with Gasteiger partial charge in [0.15, 0.2) is 33.8 Å². The summed E-state index contributed by atoms with van der Waals surface area (Å²) < 4.78 is 27.2. The molecule has 0 saturated heterocycles. The number of hydrogen-bond donors (Lipinski definition) is 3. The summed E-state index contributed by atoms with van der Waals surface area (Å²) in [4.78, 5) is 17.1. The lowest BCUT2D eigenvalue weighted by atomic mass is 10.2. The molecule has 3 rings (SSSR count). The summed E-state index contributed by atoms with van der Waals surface area (Å²) in [6.45, 7) is 1.84. The van der Waals surface area contributed by atoms with Crippen molar-refractivity contribution in [3.8, 4) is 0 Å². The second kappa shape index (κ2) is 8.40. The summed E-state index contributed by atoms with van der Waals surface area (Å²) in [7, 11) is 0. The summed E-state index contributed by atoms with van der Waals surface area (Å²) in [5.74, 6) is -1.05. The van der Waals surface area contributed by atoms with E-state index in [1.165, 1.54) is 18.3 Å². The lowest BCUT2D eigenvalue weighted by molar-refractivity contribution is 0.271. The molecule has 0 radical (unpaired) electrons. The van der Waals surface area contributed by atoms with Crippen molar-refractivity contribution in [1.82, 2.24) is 19.9 Å². The number of aliphatic hydroxyl groups excluding tert-OH is 1. The highest BCUT2D eigenvalue weighted by Crippen LogP contribution is 2.26. The fraction of sp³-hybridized carbons (Fsp3) is 0.294. The van der Waals surface area contributed by atoms with Gasteiger partial charge >= 0.3 is 0 Å². The average Bonchev–Trinajstić information content (AvgIpc) is 2.66. The molecule has 142 valence electrons. The van der Waals surface area contributed by atoms with Crippen molar-refractivity contribution in [2.75, 3.05) is 17.7 Å². The number of rotatable bonds is 7. The third kappa shape index (κ3) is 4.40. The largest absolute Gasteiger partial charge is 0.394 e. The van der Waals surface area contributed by atoms with E-state index < -0.39 is 11.6 Å². The van der Waals surface area contributed by atoms with Gasteiger partial charge in [-0.25, -0.2) is 28.7 Å². The number of benzene rings is 1. The van der Waals surface area contributed by atoms with Crippen LogP contribution in [0.25, 0.3) is 11.2 Å². The molecular weight excluding hydrogens is 374 g/mol. The van der Waals surface area contributed by atoms with Gasteiger partial charge in [0.25, 0.3) is 0 Å². The lowest BCUT2D eigenvalue weighted by Gasteiger charge is -2.16. The Hall–Kier alpha value is -2.59. The summed E-state index contributed by atoms with van der Waals surface area (Å²) in [6.07, 6.45) is 2.06. The van der Waals surface area contributed by atoms with Crippen LogP contribution in [0.2, 0.25) is 0 Å². The number of halogens is 2. The van der Waals surface area contributed by atoms with Crippen LogP contribution in [-0.2, 0) is 5.75 Å². The number of aliphatic hydroxyl groups is 1. The van der Waals surface area contributed by atoms with Gasteiger partial charge in [0.05, 0.1) is 18.8 Å². The quantitative estimate of drug-likeness (QED) is 0.416. The molecule has 1 atom stereocenters. The Morgan fingerprint density at radius 2 is 2.07 bits per heavy atom. The van der Waals surface area contributed by atoms with Gasteiger partial charge in [-0.05, 0) is 12.5 Å². The summed E-state index contributed by atoms with van der Waals surface area (Å²) in [6, 6.07) is 3.79. The van der Waals surface area contributed by atoms with Crippen LogP contribution >= 0.6 is 11.8 Å². The minimum absolute atomic E-state index is 0.0820. The molecule has 0 aliphatic heterocycles. The van der Waals surface area contributed by atoms with Crippen molar-refractivity contribution >= 4 is 34.6 Å². The number of hydrogen-bond acceptors (Lipinski definition) is 8. The van der Waals surface area contributed by atoms with E-state index in [9.17, 15) is 13.9 Å². The van der Waals surface area contributed by atoms with Gasteiger partial charge in [0, 0.05) is 11.3 Å². The molecule has 27 heavy (non-hydrogen) atoms. The zero-order valence-electron chi connectivity index (χ0n) is 14.5. The zero-order valence-corrected chi connectivity index (χ0v) is 15.3. The molecule has 0 spiro atoms. The summed E-state index contributed by atoms with van der Waals surface area (Å²) >= 11 is 1.13. The van der Waals surface area contributed by atoms with E-state index >= 15 is 0 Å². The Kier molecular flexibility index (Phi) is 5.97. The van der Waals surface area contributed by atoms with Crippen molar-refractivity contribution < 1.29 is 13.9 Å². The van der Waals surface area contributed by atoms with Gasteiger partial charge in [-0.1, -0.05) is 30.8 Å². The normalized spacial score (nSPS) is 12.3. The fourth-order valence-electron chi connectivity index (χ4n) is 2.34. The van der Waals surface area contributed by atoms with E-state index in [1.54, 1.807) is 0 Å². The van der Waals surface area contributed by atoms with E-state index in [0.29, 0.717) is 22.9 Å². The Morgan fingerprint density at radius 3 is 2.81 bits per heavy atom. The van der Waals surface area contributed by atoms with E-state index in [0.717, 1.165) is 17.8 Å². The van der Waals surface area contributed by atoms with Crippen LogP contribution in [-0.4, -0.2) is 37.7 Å². The first-order chi connectivity index (χ1) is 13.0. The molecule has 2 aromatic heterocycles. The second-order valence-electron chi connectivity index (χ2n) is 5.76. The Bertz CT molecular complexity index is 954. The standard InChI is InChI=1S/C17H18F2N6OS/c1-2-10(7-26)22-15-14-16(23-12(20)6-21-14)25-17(24-15)27-8-9-4-3-5-11(18)13(9)19/h3-6,10,26H,2,7-8H2,1H3,(H3,20,22,23,24,25)/t10-/m1/s1. The number of aromatic nitrogens is 4. The van der Waals surface area contributed by atoms with Crippen molar-refractivity contribution in [3.05, 3.63) is 41.6 Å². The maximum Gasteiger partial charge on any atom is 0.192 e. The number of thioether (sulfide) groups is 1. The molecule has 4 N–H and O–H groups in total. The highest BCUT2D eigenvalue weighted by Gasteiger charge is 2.15. The van der Waals surface area contributed by atoms with Crippen LogP contribution in [0.4, 0.5) is 20.4 Å². The monoisotopic (exact) mass is 392 g/mol. The molecule has 0 bridgehead atoms. The van der Waals surface area contributed by atoms with E-state index in [-0.39, 0.29) is 35.4 Å². The molecule has 0 unspecified atom stereocenters. The molecule has 0 saturated carbocycles. The number of nitrogens with one attached hydrogen (secondary N) is 1. The van der Waals surface area contributed by atoms with Crippen LogP contribution in [0, 0.1) is 11.6 Å². The maximum atomic E-state index is 13.8. The van der Waals surface area contributed by atoms with Crippen LogP contribution in [0.5, 0.6) is 0 Å². The molecule has 0 amide bonds. The van der Waals surface area contributed by atoms with Gasteiger partial charge in [-0.15, -0.1) is 0 Å². The van der Waals surface area contributed by atoms with Crippen LogP contribution < -0.4 is 11.1 Å². The van der Waals surface area contributed by atoms with Crippen molar-refractivity contribution in [2.24, 2.45) is 0 Å². The Labute approximate surface area is 158 Å². The third-order valence-electron chi connectivity index (χ3n) is 3.85. The van der Waals surface area contributed by atoms with Crippen LogP contribution in [0.3, 0.4) is 0 Å². The number of anilines is 2. The van der Waals surface area contributed by atoms with Gasteiger partial charge in [0.2, 0.25) is 0 Å². The zero-order chi connectivity index (χ0) is 19.4. The first-order valence-electron chi connectivity index (χ1n) is 8.25. The van der Waals surface area contributed by atoms with Gasteiger partial charge < -0.3 is 16.2 Å². The number of nitrogens with zero attached hydrogens (tertiary/aromatic N) is 4. The first kappa shape index (κ1) is 19.2. The number of nitrogen functional groups attached to an aromatic ring is 1. The highest BCUT2D eigenvalue weighted by atomic mass is 32.2. The van der Waals surface area contributed by atoms with Crippen molar-refractivity contribution in [1.29, 1.82) is 0 Å². The minimum atomic E-state index is -0.901. The Morgan fingerprint density at radius 1 is 1.26 bits per heavy atom. The predicted molar refractivity (Wildman–Crippen MR) is 100 cm³/mol. The van der Waals surface area contributed by atoms with E-state index in [2.05, 4.69) is 25.3 Å². The smallest absolute Gasteiger partial charge is 0.192 e. The van der Waals surface area contributed by atoms with Crippen LogP contribution in [0.15, 0.2) is 29.6 Å². The third-order valence-corrected chi connectivity index (χ3v) is 4.74. The molecular formula is C17H18F2N6OS. The fourth-order valence-corrected chi connectivity index (χ4v) is 3.15. The highest BCUT2D eigenvalue weighted by molar-refractivity contribution is 7.98. The SMILES string of the molecule is CC[C@H](CO)Nc1nc(SCc2cccc(F)c2F)nc2nc(N)cnc12. The topological polar surface area (TPSA) is 110 Å². The second-order valence-corrected chi connectivity index (χ2v) is 6.70.